The number of aromatic nitrogens is 2. The van der Waals surface area contributed by atoms with E-state index in [4.69, 9.17) is 4.74 Å². The smallest absolute Gasteiger partial charge is 0.306 e. The third kappa shape index (κ3) is 3.94. The van der Waals surface area contributed by atoms with Gasteiger partial charge in [-0.2, -0.15) is 0 Å². The first-order chi connectivity index (χ1) is 10.5. The zero-order chi connectivity index (χ0) is 16.1. The SMILES string of the molecule is CCCC(=O)O[C@H](C)c1nccc(N2[C@H](C)CNC[C@@H]2C)n1. The fourth-order valence-corrected chi connectivity index (χ4v) is 2.80. The summed E-state index contributed by atoms with van der Waals surface area (Å²) in [6.07, 6.45) is 2.52. The predicted molar refractivity (Wildman–Crippen MR) is 85.7 cm³/mol. The first kappa shape index (κ1) is 16.7. The Morgan fingerprint density at radius 2 is 2.14 bits per heavy atom. The van der Waals surface area contributed by atoms with Crippen molar-refractivity contribution in [2.75, 3.05) is 18.0 Å². The van der Waals surface area contributed by atoms with Gasteiger partial charge in [0.25, 0.3) is 0 Å². The lowest BCUT2D eigenvalue weighted by Gasteiger charge is -2.40. The molecule has 1 aliphatic rings. The Morgan fingerprint density at radius 1 is 1.45 bits per heavy atom. The molecule has 1 N–H and O–H groups in total. The molecule has 0 aromatic carbocycles. The number of hydrogen-bond acceptors (Lipinski definition) is 6. The van der Waals surface area contributed by atoms with Crippen LogP contribution in [0.2, 0.25) is 0 Å². The van der Waals surface area contributed by atoms with Gasteiger partial charge in [0.2, 0.25) is 0 Å². The Hall–Kier alpha value is -1.69. The second-order valence-electron chi connectivity index (χ2n) is 5.92. The predicted octanol–water partition coefficient (Wildman–Crippen LogP) is 2.07. The lowest BCUT2D eigenvalue weighted by molar-refractivity contribution is -0.149. The van der Waals surface area contributed by atoms with Gasteiger partial charge in [0.05, 0.1) is 0 Å². The van der Waals surface area contributed by atoms with Crippen molar-refractivity contribution in [3.63, 3.8) is 0 Å². The largest absolute Gasteiger partial charge is 0.454 e. The Labute approximate surface area is 132 Å². The highest BCUT2D eigenvalue weighted by Crippen LogP contribution is 2.22. The van der Waals surface area contributed by atoms with Crippen LogP contribution in [0.3, 0.4) is 0 Å². The number of carbonyl (C=O) groups excluding carboxylic acids is 1. The summed E-state index contributed by atoms with van der Waals surface area (Å²) in [5, 5.41) is 3.41. The first-order valence-electron chi connectivity index (χ1n) is 8.04. The Balaban J connectivity index is 2.13. The standard InChI is InChI=1S/C16H26N4O2/c1-5-6-15(21)22-13(4)16-18-8-7-14(19-16)20-11(2)9-17-10-12(20)3/h7-8,11-13,17H,5-6,9-10H2,1-4H3/t11-,12+,13-/m1/s1. The molecule has 0 aliphatic carbocycles. The molecule has 2 rings (SSSR count). The zero-order valence-corrected chi connectivity index (χ0v) is 13.9. The minimum Gasteiger partial charge on any atom is -0.454 e. The van der Waals surface area contributed by atoms with E-state index >= 15 is 0 Å². The summed E-state index contributed by atoms with van der Waals surface area (Å²) in [5.41, 5.74) is 0. The molecule has 6 heteroatoms. The minimum absolute atomic E-state index is 0.201. The van der Waals surface area contributed by atoms with Gasteiger partial charge in [-0.1, -0.05) is 6.92 Å². The van der Waals surface area contributed by atoms with Gasteiger partial charge in [0.15, 0.2) is 11.9 Å². The molecular formula is C16H26N4O2. The van der Waals surface area contributed by atoms with Gasteiger partial charge in [0.1, 0.15) is 5.82 Å². The zero-order valence-electron chi connectivity index (χ0n) is 13.9. The second-order valence-corrected chi connectivity index (χ2v) is 5.92. The van der Waals surface area contributed by atoms with Crippen molar-refractivity contribution in [2.24, 2.45) is 0 Å². The summed E-state index contributed by atoms with van der Waals surface area (Å²) in [4.78, 5) is 22.8. The molecular weight excluding hydrogens is 280 g/mol. The quantitative estimate of drug-likeness (QED) is 0.840. The summed E-state index contributed by atoms with van der Waals surface area (Å²) < 4.78 is 5.38. The molecule has 0 radical (unpaired) electrons. The fraction of sp³-hybridized carbons (Fsp3) is 0.688. The fourth-order valence-electron chi connectivity index (χ4n) is 2.80. The van der Waals surface area contributed by atoms with Gasteiger partial charge in [-0.3, -0.25) is 4.79 Å². The number of piperazine rings is 1. The number of rotatable bonds is 5. The summed E-state index contributed by atoms with van der Waals surface area (Å²) >= 11 is 0. The Kier molecular flexibility index (Phi) is 5.71. The van der Waals surface area contributed by atoms with Gasteiger partial charge in [-0.05, 0) is 33.3 Å². The molecule has 0 unspecified atom stereocenters. The molecule has 0 saturated carbocycles. The maximum Gasteiger partial charge on any atom is 0.306 e. The highest BCUT2D eigenvalue weighted by Gasteiger charge is 2.26. The normalized spacial score (nSPS) is 23.2. The van der Waals surface area contributed by atoms with E-state index in [1.807, 2.05) is 19.9 Å². The van der Waals surface area contributed by atoms with Crippen molar-refractivity contribution in [1.29, 1.82) is 0 Å². The van der Waals surface area contributed by atoms with Crippen LogP contribution in [0.15, 0.2) is 12.3 Å². The maximum absolute atomic E-state index is 11.6. The molecule has 122 valence electrons. The van der Waals surface area contributed by atoms with Gasteiger partial charge in [0, 0.05) is 37.8 Å². The molecule has 3 atom stereocenters. The van der Waals surface area contributed by atoms with Crippen molar-refractivity contribution < 1.29 is 9.53 Å². The number of nitrogens with zero attached hydrogens (tertiary/aromatic N) is 3. The molecule has 0 amide bonds. The molecule has 0 spiro atoms. The summed E-state index contributed by atoms with van der Waals surface area (Å²) in [5.74, 6) is 1.25. The molecule has 22 heavy (non-hydrogen) atoms. The molecule has 1 aliphatic heterocycles. The Morgan fingerprint density at radius 3 is 2.77 bits per heavy atom. The Bertz CT molecular complexity index is 499. The molecule has 1 aromatic heterocycles. The number of ether oxygens (including phenoxy) is 1. The topological polar surface area (TPSA) is 67.3 Å². The molecule has 1 aromatic rings. The van der Waals surface area contributed by atoms with Crippen LogP contribution >= 0.6 is 0 Å². The van der Waals surface area contributed by atoms with Crippen LogP contribution in [-0.4, -0.2) is 41.1 Å². The van der Waals surface area contributed by atoms with Crippen LogP contribution in [0.25, 0.3) is 0 Å². The molecule has 6 nitrogen and oxygen atoms in total. The van der Waals surface area contributed by atoms with Crippen LogP contribution in [0.4, 0.5) is 5.82 Å². The highest BCUT2D eigenvalue weighted by molar-refractivity contribution is 5.69. The number of anilines is 1. The van der Waals surface area contributed by atoms with Crippen LogP contribution in [-0.2, 0) is 9.53 Å². The monoisotopic (exact) mass is 306 g/mol. The average molecular weight is 306 g/mol. The van der Waals surface area contributed by atoms with Crippen molar-refractivity contribution in [3.05, 3.63) is 18.1 Å². The maximum atomic E-state index is 11.6. The van der Waals surface area contributed by atoms with E-state index in [2.05, 4.69) is 34.0 Å². The van der Waals surface area contributed by atoms with E-state index < -0.39 is 6.10 Å². The van der Waals surface area contributed by atoms with E-state index in [1.165, 1.54) is 0 Å². The minimum atomic E-state index is -0.424. The number of hydrogen-bond donors (Lipinski definition) is 1. The molecule has 2 heterocycles. The lowest BCUT2D eigenvalue weighted by atomic mass is 10.1. The van der Waals surface area contributed by atoms with Crippen LogP contribution < -0.4 is 10.2 Å². The van der Waals surface area contributed by atoms with E-state index in [-0.39, 0.29) is 5.97 Å². The van der Waals surface area contributed by atoms with Gasteiger partial charge < -0.3 is 15.0 Å². The van der Waals surface area contributed by atoms with Gasteiger partial charge in [-0.25, -0.2) is 9.97 Å². The average Bonchev–Trinajstić information content (AvgIpc) is 2.47. The second kappa shape index (κ2) is 7.54. The van der Waals surface area contributed by atoms with E-state index in [0.717, 1.165) is 25.3 Å². The van der Waals surface area contributed by atoms with Crippen molar-refractivity contribution >= 4 is 11.8 Å². The summed E-state index contributed by atoms with van der Waals surface area (Å²) in [6, 6.07) is 2.65. The van der Waals surface area contributed by atoms with E-state index in [0.29, 0.717) is 24.3 Å². The number of esters is 1. The van der Waals surface area contributed by atoms with Gasteiger partial charge >= 0.3 is 5.97 Å². The molecule has 1 fully saturated rings. The van der Waals surface area contributed by atoms with Crippen molar-refractivity contribution in [2.45, 2.75) is 58.7 Å². The highest BCUT2D eigenvalue weighted by atomic mass is 16.5. The number of carbonyl (C=O) groups is 1. The molecule has 1 saturated heterocycles. The summed E-state index contributed by atoms with van der Waals surface area (Å²) in [7, 11) is 0. The van der Waals surface area contributed by atoms with Crippen molar-refractivity contribution in [3.8, 4) is 0 Å². The van der Waals surface area contributed by atoms with E-state index in [9.17, 15) is 4.79 Å². The first-order valence-corrected chi connectivity index (χ1v) is 8.04. The van der Waals surface area contributed by atoms with Crippen molar-refractivity contribution in [1.82, 2.24) is 15.3 Å². The molecule has 0 bridgehead atoms. The van der Waals surface area contributed by atoms with Gasteiger partial charge in [-0.15, -0.1) is 0 Å². The summed E-state index contributed by atoms with van der Waals surface area (Å²) in [6.45, 7) is 9.99. The lowest BCUT2D eigenvalue weighted by Crippen LogP contribution is -2.55. The van der Waals surface area contributed by atoms with Crippen LogP contribution in [0, 0.1) is 0 Å². The number of nitrogens with one attached hydrogen (secondary N) is 1. The van der Waals surface area contributed by atoms with Crippen LogP contribution in [0.1, 0.15) is 52.5 Å². The van der Waals surface area contributed by atoms with Crippen LogP contribution in [0.5, 0.6) is 0 Å². The third-order valence-corrected chi connectivity index (χ3v) is 3.88. The van der Waals surface area contributed by atoms with E-state index in [1.54, 1.807) is 6.20 Å². The third-order valence-electron chi connectivity index (χ3n) is 3.88.